The molecule has 5 nitrogen and oxygen atoms in total. The van der Waals surface area contributed by atoms with Gasteiger partial charge in [0.1, 0.15) is 11.5 Å². The molecule has 0 aliphatic heterocycles. The number of aromatic nitrogens is 1. The summed E-state index contributed by atoms with van der Waals surface area (Å²) in [6, 6.07) is 8.85. The van der Waals surface area contributed by atoms with Gasteiger partial charge in [0.2, 0.25) is 5.88 Å². The van der Waals surface area contributed by atoms with Crippen LogP contribution in [0.2, 0.25) is 0 Å². The molecule has 20 heavy (non-hydrogen) atoms. The molecule has 1 aromatic carbocycles. The van der Waals surface area contributed by atoms with Gasteiger partial charge in [0, 0.05) is 17.7 Å². The number of phenolic OH excluding ortho intramolecular Hbond substituents is 1. The largest absolute Gasteiger partial charge is 0.507 e. The molecule has 0 bridgehead atoms. The van der Waals surface area contributed by atoms with Crippen molar-refractivity contribution in [2.45, 2.75) is 13.0 Å². The molecule has 0 fully saturated rings. The quantitative estimate of drug-likeness (QED) is 0.877. The number of nitrogens with zero attached hydrogens (tertiary/aromatic N) is 1. The highest BCUT2D eigenvalue weighted by Crippen LogP contribution is 2.30. The van der Waals surface area contributed by atoms with Crippen LogP contribution in [0.25, 0.3) is 0 Å². The van der Waals surface area contributed by atoms with Gasteiger partial charge in [-0.15, -0.1) is 0 Å². The summed E-state index contributed by atoms with van der Waals surface area (Å²) in [5.41, 5.74) is 1.65. The van der Waals surface area contributed by atoms with E-state index in [1.54, 1.807) is 32.5 Å². The topological polar surface area (TPSA) is 63.6 Å². The first-order chi connectivity index (χ1) is 9.63. The fourth-order valence-electron chi connectivity index (χ4n) is 1.93. The standard InChI is InChI=1S/C15H18N2O3/c1-10(13-6-5-12(19-2)8-14(13)18)17-11-4-7-15(20-3)16-9-11/h4-10,17-18H,1-3H3. The van der Waals surface area contributed by atoms with Gasteiger partial charge in [-0.3, -0.25) is 0 Å². The van der Waals surface area contributed by atoms with Gasteiger partial charge in [-0.2, -0.15) is 0 Å². The number of hydrogen-bond donors (Lipinski definition) is 2. The van der Waals surface area contributed by atoms with E-state index in [4.69, 9.17) is 9.47 Å². The minimum atomic E-state index is -0.0592. The molecule has 1 aromatic heterocycles. The van der Waals surface area contributed by atoms with Crippen LogP contribution in [-0.4, -0.2) is 24.3 Å². The van der Waals surface area contributed by atoms with Gasteiger partial charge >= 0.3 is 0 Å². The Morgan fingerprint density at radius 1 is 1.15 bits per heavy atom. The lowest BCUT2D eigenvalue weighted by atomic mass is 10.1. The Kier molecular flexibility index (Phi) is 4.30. The highest BCUT2D eigenvalue weighted by atomic mass is 16.5. The van der Waals surface area contributed by atoms with Crippen molar-refractivity contribution in [1.29, 1.82) is 0 Å². The second kappa shape index (κ2) is 6.14. The van der Waals surface area contributed by atoms with Crippen molar-refractivity contribution >= 4 is 5.69 Å². The van der Waals surface area contributed by atoms with Crippen molar-refractivity contribution in [2.75, 3.05) is 19.5 Å². The molecular weight excluding hydrogens is 256 g/mol. The molecule has 0 aliphatic carbocycles. The predicted molar refractivity (Wildman–Crippen MR) is 77.5 cm³/mol. The average Bonchev–Trinajstić information content (AvgIpc) is 2.47. The second-order valence-electron chi connectivity index (χ2n) is 4.38. The zero-order valence-electron chi connectivity index (χ0n) is 11.8. The van der Waals surface area contributed by atoms with Crippen molar-refractivity contribution < 1.29 is 14.6 Å². The van der Waals surface area contributed by atoms with Crippen molar-refractivity contribution in [3.05, 3.63) is 42.1 Å². The third-order valence-corrected chi connectivity index (χ3v) is 3.03. The summed E-state index contributed by atoms with van der Waals surface area (Å²) in [5.74, 6) is 1.39. The zero-order chi connectivity index (χ0) is 14.5. The Bertz CT molecular complexity index is 570. The maximum absolute atomic E-state index is 10.00. The van der Waals surface area contributed by atoms with E-state index in [1.807, 2.05) is 25.1 Å². The van der Waals surface area contributed by atoms with E-state index in [1.165, 1.54) is 0 Å². The summed E-state index contributed by atoms with van der Waals surface area (Å²) in [6.45, 7) is 1.96. The number of ether oxygens (including phenoxy) is 2. The number of methoxy groups -OCH3 is 2. The Hall–Kier alpha value is -2.43. The minimum Gasteiger partial charge on any atom is -0.507 e. The summed E-state index contributed by atoms with van der Waals surface area (Å²) in [4.78, 5) is 4.13. The Balaban J connectivity index is 2.12. The maximum atomic E-state index is 10.00. The lowest BCUT2D eigenvalue weighted by Crippen LogP contribution is -2.07. The van der Waals surface area contributed by atoms with Crippen LogP contribution in [0.3, 0.4) is 0 Å². The van der Waals surface area contributed by atoms with Crippen LogP contribution in [-0.2, 0) is 0 Å². The molecular formula is C15H18N2O3. The predicted octanol–water partition coefficient (Wildman–Crippen LogP) is 2.98. The van der Waals surface area contributed by atoms with Gasteiger partial charge < -0.3 is 19.9 Å². The first-order valence-electron chi connectivity index (χ1n) is 6.27. The normalized spacial score (nSPS) is 11.8. The number of aromatic hydroxyl groups is 1. The summed E-state index contributed by atoms with van der Waals surface area (Å²) in [5, 5.41) is 13.3. The molecule has 1 atom stereocenters. The van der Waals surface area contributed by atoms with Crippen LogP contribution in [0.4, 0.5) is 5.69 Å². The van der Waals surface area contributed by atoms with Crippen LogP contribution in [0.15, 0.2) is 36.5 Å². The third-order valence-electron chi connectivity index (χ3n) is 3.03. The molecule has 2 aromatic rings. The molecule has 1 unspecified atom stereocenters. The molecule has 2 N–H and O–H groups in total. The molecule has 0 saturated heterocycles. The molecule has 5 heteroatoms. The van der Waals surface area contributed by atoms with Crippen molar-refractivity contribution in [2.24, 2.45) is 0 Å². The van der Waals surface area contributed by atoms with Crippen LogP contribution in [0, 0.1) is 0 Å². The number of phenols is 1. The van der Waals surface area contributed by atoms with Crippen molar-refractivity contribution in [3.63, 3.8) is 0 Å². The van der Waals surface area contributed by atoms with E-state index < -0.39 is 0 Å². The Labute approximate surface area is 118 Å². The van der Waals surface area contributed by atoms with E-state index in [0.29, 0.717) is 11.6 Å². The lowest BCUT2D eigenvalue weighted by Gasteiger charge is -2.17. The van der Waals surface area contributed by atoms with Gasteiger partial charge in [-0.25, -0.2) is 4.98 Å². The first-order valence-corrected chi connectivity index (χ1v) is 6.27. The zero-order valence-corrected chi connectivity index (χ0v) is 11.8. The van der Waals surface area contributed by atoms with E-state index >= 15 is 0 Å². The molecule has 0 saturated carbocycles. The van der Waals surface area contributed by atoms with E-state index in [-0.39, 0.29) is 11.8 Å². The van der Waals surface area contributed by atoms with E-state index in [9.17, 15) is 5.11 Å². The lowest BCUT2D eigenvalue weighted by molar-refractivity contribution is 0.398. The Morgan fingerprint density at radius 3 is 2.50 bits per heavy atom. The molecule has 0 spiro atoms. The molecule has 0 amide bonds. The molecule has 2 rings (SSSR count). The number of nitrogens with one attached hydrogen (secondary N) is 1. The third kappa shape index (κ3) is 3.12. The average molecular weight is 274 g/mol. The first kappa shape index (κ1) is 14.0. The maximum Gasteiger partial charge on any atom is 0.213 e. The van der Waals surface area contributed by atoms with Gasteiger partial charge in [0.05, 0.1) is 32.1 Å². The number of rotatable bonds is 5. The SMILES string of the molecule is COc1ccc(C(C)Nc2ccc(OC)nc2)c(O)c1. The van der Waals surface area contributed by atoms with Crippen LogP contribution < -0.4 is 14.8 Å². The highest BCUT2D eigenvalue weighted by molar-refractivity contribution is 5.48. The number of anilines is 1. The summed E-state index contributed by atoms with van der Waals surface area (Å²) >= 11 is 0. The highest BCUT2D eigenvalue weighted by Gasteiger charge is 2.11. The monoisotopic (exact) mass is 274 g/mol. The van der Waals surface area contributed by atoms with Gasteiger partial charge in [0.15, 0.2) is 0 Å². The van der Waals surface area contributed by atoms with Crippen molar-refractivity contribution in [1.82, 2.24) is 4.98 Å². The van der Waals surface area contributed by atoms with Gasteiger partial charge in [0.25, 0.3) is 0 Å². The number of benzene rings is 1. The fourth-order valence-corrected chi connectivity index (χ4v) is 1.93. The van der Waals surface area contributed by atoms with Crippen LogP contribution >= 0.6 is 0 Å². The van der Waals surface area contributed by atoms with Crippen LogP contribution in [0.1, 0.15) is 18.5 Å². The van der Waals surface area contributed by atoms with E-state index in [0.717, 1.165) is 11.3 Å². The summed E-state index contributed by atoms with van der Waals surface area (Å²) in [6.07, 6.45) is 1.69. The molecule has 1 heterocycles. The summed E-state index contributed by atoms with van der Waals surface area (Å²) < 4.78 is 10.1. The second-order valence-corrected chi connectivity index (χ2v) is 4.38. The molecule has 0 radical (unpaired) electrons. The van der Waals surface area contributed by atoms with Crippen molar-refractivity contribution in [3.8, 4) is 17.4 Å². The smallest absolute Gasteiger partial charge is 0.213 e. The fraction of sp³-hybridized carbons (Fsp3) is 0.267. The number of hydrogen-bond acceptors (Lipinski definition) is 5. The van der Waals surface area contributed by atoms with Crippen LogP contribution in [0.5, 0.6) is 17.4 Å². The molecule has 106 valence electrons. The molecule has 0 aliphatic rings. The minimum absolute atomic E-state index is 0.0592. The summed E-state index contributed by atoms with van der Waals surface area (Å²) in [7, 11) is 3.15. The van der Waals surface area contributed by atoms with E-state index in [2.05, 4.69) is 10.3 Å². The Morgan fingerprint density at radius 2 is 1.95 bits per heavy atom. The number of pyridine rings is 1. The van der Waals surface area contributed by atoms with Gasteiger partial charge in [-0.1, -0.05) is 0 Å². The van der Waals surface area contributed by atoms with Gasteiger partial charge in [-0.05, 0) is 25.1 Å².